The van der Waals surface area contributed by atoms with Crippen molar-refractivity contribution in [3.05, 3.63) is 69.1 Å². The number of nitrogens with two attached hydrogens (primary N) is 1. The third-order valence-electron chi connectivity index (χ3n) is 3.92. The zero-order valence-electron chi connectivity index (χ0n) is 10.9. The minimum Gasteiger partial charge on any atom is -0.326 e. The minimum atomic E-state index is 0.0903. The Labute approximate surface area is 112 Å². The first-order valence-electron chi connectivity index (χ1n) is 6.78. The predicted molar refractivity (Wildman–Crippen MR) is 76.2 cm³/mol. The van der Waals surface area contributed by atoms with Crippen LogP contribution in [0.1, 0.15) is 28.8 Å². The molecule has 3 rings (SSSR count). The monoisotopic (exact) mass is 254 g/mol. The fraction of sp³-hybridized carbons (Fsp3) is 0.312. The number of aromatic nitrogens is 1. The molecule has 0 saturated heterocycles. The first-order chi connectivity index (χ1) is 9.29. The SMILES string of the molecule is NCc1ccccc1Cn1c2c(ccc1=O)CCC2. The average Bonchev–Trinajstić information content (AvgIpc) is 2.91. The van der Waals surface area contributed by atoms with Crippen LogP contribution in [0.15, 0.2) is 41.2 Å². The van der Waals surface area contributed by atoms with Crippen LogP contribution in [0.5, 0.6) is 0 Å². The molecule has 19 heavy (non-hydrogen) atoms. The number of rotatable bonds is 3. The van der Waals surface area contributed by atoms with Gasteiger partial charge in [0.15, 0.2) is 0 Å². The lowest BCUT2D eigenvalue weighted by molar-refractivity contribution is 0.701. The molecule has 0 fully saturated rings. The third kappa shape index (κ3) is 2.22. The van der Waals surface area contributed by atoms with E-state index in [2.05, 4.69) is 6.07 Å². The smallest absolute Gasteiger partial charge is 0.251 e. The quantitative estimate of drug-likeness (QED) is 0.908. The fourth-order valence-corrected chi connectivity index (χ4v) is 2.89. The zero-order valence-corrected chi connectivity index (χ0v) is 10.9. The first-order valence-corrected chi connectivity index (χ1v) is 6.78. The molecule has 2 aromatic rings. The predicted octanol–water partition coefficient (Wildman–Crippen LogP) is 1.84. The highest BCUT2D eigenvalue weighted by atomic mass is 16.1. The van der Waals surface area contributed by atoms with Gasteiger partial charge in [-0.05, 0) is 36.0 Å². The van der Waals surface area contributed by atoms with Crippen molar-refractivity contribution in [2.75, 3.05) is 0 Å². The molecule has 1 aliphatic rings. The zero-order chi connectivity index (χ0) is 13.2. The van der Waals surface area contributed by atoms with Crippen LogP contribution in [-0.2, 0) is 25.9 Å². The summed E-state index contributed by atoms with van der Waals surface area (Å²) in [5.74, 6) is 0. The Morgan fingerprint density at radius 3 is 2.63 bits per heavy atom. The van der Waals surface area contributed by atoms with E-state index in [-0.39, 0.29) is 5.56 Å². The van der Waals surface area contributed by atoms with E-state index in [0.29, 0.717) is 13.1 Å². The van der Waals surface area contributed by atoms with Gasteiger partial charge in [0.2, 0.25) is 0 Å². The van der Waals surface area contributed by atoms with Crippen LogP contribution in [0.25, 0.3) is 0 Å². The number of hydrogen-bond acceptors (Lipinski definition) is 2. The van der Waals surface area contributed by atoms with Gasteiger partial charge in [-0.3, -0.25) is 4.79 Å². The summed E-state index contributed by atoms with van der Waals surface area (Å²) in [4.78, 5) is 12.1. The highest BCUT2D eigenvalue weighted by molar-refractivity contribution is 5.30. The summed E-state index contributed by atoms with van der Waals surface area (Å²) in [6.07, 6.45) is 3.25. The van der Waals surface area contributed by atoms with Gasteiger partial charge in [-0.2, -0.15) is 0 Å². The molecule has 0 saturated carbocycles. The molecule has 98 valence electrons. The lowest BCUT2D eigenvalue weighted by Gasteiger charge is -2.14. The molecule has 2 N–H and O–H groups in total. The maximum Gasteiger partial charge on any atom is 0.251 e. The lowest BCUT2D eigenvalue weighted by atomic mass is 10.1. The van der Waals surface area contributed by atoms with Crippen LogP contribution in [-0.4, -0.2) is 4.57 Å². The van der Waals surface area contributed by atoms with Gasteiger partial charge in [-0.25, -0.2) is 0 Å². The highest BCUT2D eigenvalue weighted by Gasteiger charge is 2.16. The van der Waals surface area contributed by atoms with Crippen LogP contribution in [0.3, 0.4) is 0 Å². The van der Waals surface area contributed by atoms with E-state index in [1.54, 1.807) is 6.07 Å². The summed E-state index contributed by atoms with van der Waals surface area (Å²) in [5.41, 5.74) is 10.7. The van der Waals surface area contributed by atoms with Gasteiger partial charge in [0.25, 0.3) is 5.56 Å². The van der Waals surface area contributed by atoms with Crippen molar-refractivity contribution < 1.29 is 0 Å². The van der Waals surface area contributed by atoms with E-state index in [4.69, 9.17) is 5.73 Å². The van der Waals surface area contributed by atoms with Gasteiger partial charge in [0.05, 0.1) is 6.54 Å². The van der Waals surface area contributed by atoms with E-state index < -0.39 is 0 Å². The van der Waals surface area contributed by atoms with Gasteiger partial charge >= 0.3 is 0 Å². The number of pyridine rings is 1. The van der Waals surface area contributed by atoms with Crippen molar-refractivity contribution >= 4 is 0 Å². The molecule has 1 aromatic carbocycles. The molecular formula is C16H18N2O. The fourth-order valence-electron chi connectivity index (χ4n) is 2.89. The Kier molecular flexibility index (Phi) is 3.22. The average molecular weight is 254 g/mol. The summed E-state index contributed by atoms with van der Waals surface area (Å²) in [6, 6.07) is 11.8. The van der Waals surface area contributed by atoms with Crippen molar-refractivity contribution in [2.45, 2.75) is 32.4 Å². The van der Waals surface area contributed by atoms with Crippen molar-refractivity contribution in [3.8, 4) is 0 Å². The molecule has 3 nitrogen and oxygen atoms in total. The number of fused-ring (bicyclic) bond motifs is 1. The van der Waals surface area contributed by atoms with Crippen molar-refractivity contribution in [1.29, 1.82) is 0 Å². The lowest BCUT2D eigenvalue weighted by Crippen LogP contribution is -2.24. The van der Waals surface area contributed by atoms with Gasteiger partial charge in [0, 0.05) is 18.3 Å². The number of hydrogen-bond donors (Lipinski definition) is 1. The molecule has 3 heteroatoms. The van der Waals surface area contributed by atoms with Gasteiger partial charge in [0.1, 0.15) is 0 Å². The molecule has 1 heterocycles. The Balaban J connectivity index is 2.05. The van der Waals surface area contributed by atoms with E-state index in [9.17, 15) is 4.79 Å². The Hall–Kier alpha value is -1.87. The Morgan fingerprint density at radius 2 is 1.84 bits per heavy atom. The second kappa shape index (κ2) is 5.02. The van der Waals surface area contributed by atoms with Gasteiger partial charge < -0.3 is 10.3 Å². The molecule has 0 spiro atoms. The Morgan fingerprint density at radius 1 is 1.05 bits per heavy atom. The van der Waals surface area contributed by atoms with Crippen LogP contribution >= 0.6 is 0 Å². The molecule has 0 bridgehead atoms. The van der Waals surface area contributed by atoms with Gasteiger partial charge in [-0.1, -0.05) is 30.3 Å². The molecular weight excluding hydrogens is 236 g/mol. The van der Waals surface area contributed by atoms with Crippen LogP contribution in [0.2, 0.25) is 0 Å². The number of nitrogens with zero attached hydrogens (tertiary/aromatic N) is 1. The number of benzene rings is 1. The summed E-state index contributed by atoms with van der Waals surface area (Å²) in [7, 11) is 0. The molecule has 0 radical (unpaired) electrons. The second-order valence-corrected chi connectivity index (χ2v) is 5.06. The van der Waals surface area contributed by atoms with Crippen LogP contribution in [0, 0.1) is 0 Å². The van der Waals surface area contributed by atoms with E-state index >= 15 is 0 Å². The van der Waals surface area contributed by atoms with Crippen LogP contribution in [0.4, 0.5) is 0 Å². The second-order valence-electron chi connectivity index (χ2n) is 5.06. The van der Waals surface area contributed by atoms with Gasteiger partial charge in [-0.15, -0.1) is 0 Å². The van der Waals surface area contributed by atoms with E-state index in [1.165, 1.54) is 11.3 Å². The maximum absolute atomic E-state index is 12.1. The molecule has 0 amide bonds. The number of aryl methyl sites for hydroxylation is 1. The topological polar surface area (TPSA) is 48.0 Å². The van der Waals surface area contributed by atoms with Crippen molar-refractivity contribution in [2.24, 2.45) is 5.73 Å². The van der Waals surface area contributed by atoms with E-state index in [1.807, 2.05) is 28.8 Å². The maximum atomic E-state index is 12.1. The summed E-state index contributed by atoms with van der Waals surface area (Å²) in [6.45, 7) is 1.15. The Bertz CT molecular complexity index is 658. The first kappa shape index (κ1) is 12.2. The largest absolute Gasteiger partial charge is 0.326 e. The van der Waals surface area contributed by atoms with Crippen molar-refractivity contribution in [1.82, 2.24) is 4.57 Å². The molecule has 0 atom stereocenters. The third-order valence-corrected chi connectivity index (χ3v) is 3.92. The molecule has 0 unspecified atom stereocenters. The molecule has 0 aliphatic heterocycles. The minimum absolute atomic E-state index is 0.0903. The van der Waals surface area contributed by atoms with E-state index in [0.717, 1.165) is 30.4 Å². The van der Waals surface area contributed by atoms with Crippen molar-refractivity contribution in [3.63, 3.8) is 0 Å². The molecule has 1 aromatic heterocycles. The highest BCUT2D eigenvalue weighted by Crippen LogP contribution is 2.21. The standard InChI is InChI=1S/C16H18N2O/c17-10-13-4-1-2-5-14(13)11-18-15-7-3-6-12(15)8-9-16(18)19/h1-2,4-5,8-9H,3,6-7,10-11,17H2. The van der Waals surface area contributed by atoms with Crippen LogP contribution < -0.4 is 11.3 Å². The molecule has 1 aliphatic carbocycles. The summed E-state index contributed by atoms with van der Waals surface area (Å²) < 4.78 is 1.91. The normalized spacial score (nSPS) is 13.5. The summed E-state index contributed by atoms with van der Waals surface area (Å²) >= 11 is 0. The summed E-state index contributed by atoms with van der Waals surface area (Å²) in [5, 5.41) is 0.